The number of rotatable bonds is 6. The van der Waals surface area contributed by atoms with Crippen LogP contribution in [0.5, 0.6) is 11.5 Å². The number of amides is 1. The molecule has 0 atom stereocenters. The Morgan fingerprint density at radius 2 is 2.00 bits per heavy atom. The van der Waals surface area contributed by atoms with E-state index in [0.29, 0.717) is 65.9 Å². The Balaban J connectivity index is 1.11. The molecule has 0 unspecified atom stereocenters. The molecular weight excluding hydrogens is 512 g/mol. The fraction of sp³-hybridized carbons (Fsp3) is 0.379. The highest BCUT2D eigenvalue weighted by atomic mass is 16.5. The van der Waals surface area contributed by atoms with Crippen LogP contribution in [-0.4, -0.2) is 79.2 Å². The quantitative estimate of drug-likeness (QED) is 0.376. The van der Waals surface area contributed by atoms with Gasteiger partial charge in [0.1, 0.15) is 23.7 Å². The van der Waals surface area contributed by atoms with E-state index in [1.54, 1.807) is 24.4 Å². The minimum atomic E-state index is -0.642. The monoisotopic (exact) mass is 540 g/mol. The number of hydrogen-bond acceptors (Lipinski definition) is 9. The molecule has 11 heteroatoms. The van der Waals surface area contributed by atoms with E-state index in [1.807, 2.05) is 23.1 Å². The minimum Gasteiger partial charge on any atom is -0.491 e. The Kier molecular flexibility index (Phi) is 5.96. The van der Waals surface area contributed by atoms with Crippen LogP contribution in [-0.2, 0) is 0 Å². The Morgan fingerprint density at radius 3 is 2.75 bits per heavy atom. The molecule has 3 aliphatic rings. The van der Waals surface area contributed by atoms with Crippen molar-refractivity contribution < 1.29 is 24.2 Å². The number of likely N-dealkylation sites (tertiary alicyclic amines) is 1. The van der Waals surface area contributed by atoms with Gasteiger partial charge in [0.25, 0.3) is 5.91 Å². The summed E-state index contributed by atoms with van der Waals surface area (Å²) in [6.45, 7) is 0.962. The van der Waals surface area contributed by atoms with Crippen LogP contribution >= 0.6 is 0 Å². The molecule has 2 aromatic heterocycles. The third kappa shape index (κ3) is 4.36. The van der Waals surface area contributed by atoms with E-state index < -0.39 is 5.60 Å². The van der Waals surface area contributed by atoms with Crippen LogP contribution in [0.2, 0.25) is 0 Å². The van der Waals surface area contributed by atoms with Crippen molar-refractivity contribution in [3.05, 3.63) is 59.4 Å². The van der Waals surface area contributed by atoms with Crippen molar-refractivity contribution in [3.63, 3.8) is 0 Å². The van der Waals surface area contributed by atoms with Crippen molar-refractivity contribution in [2.45, 2.75) is 43.6 Å². The summed E-state index contributed by atoms with van der Waals surface area (Å²) >= 11 is 0. The van der Waals surface area contributed by atoms with Crippen LogP contribution in [0.1, 0.15) is 64.4 Å². The number of benzene rings is 2. The van der Waals surface area contributed by atoms with Crippen molar-refractivity contribution in [2.24, 2.45) is 0 Å². The number of aromatic nitrogens is 5. The van der Waals surface area contributed by atoms with E-state index in [1.165, 1.54) is 0 Å². The first-order valence-electron chi connectivity index (χ1n) is 13.6. The highest BCUT2D eigenvalue weighted by Crippen LogP contribution is 2.44. The number of H-pyrrole nitrogens is 1. The highest BCUT2D eigenvalue weighted by molar-refractivity contribution is 6.02. The summed E-state index contributed by atoms with van der Waals surface area (Å²) in [6, 6.07) is 10.9. The van der Waals surface area contributed by atoms with Gasteiger partial charge in [-0.15, -0.1) is 10.2 Å². The molecule has 1 saturated carbocycles. The number of fused-ring (bicyclic) bond motifs is 2. The molecule has 1 aliphatic carbocycles. The van der Waals surface area contributed by atoms with Gasteiger partial charge in [-0.1, -0.05) is 0 Å². The molecule has 1 saturated heterocycles. The maximum atomic E-state index is 13.7. The summed E-state index contributed by atoms with van der Waals surface area (Å²) in [5.41, 5.74) is 2.09. The van der Waals surface area contributed by atoms with Crippen LogP contribution in [0.15, 0.2) is 42.6 Å². The number of Topliss-reactive ketones (excluding diaryl/α,β-unsaturated/α-hetero) is 1. The third-order valence-electron chi connectivity index (χ3n) is 8.09. The van der Waals surface area contributed by atoms with Gasteiger partial charge in [0.05, 0.1) is 24.3 Å². The zero-order valence-electron chi connectivity index (χ0n) is 21.8. The fourth-order valence-corrected chi connectivity index (χ4v) is 5.85. The predicted octanol–water partition coefficient (Wildman–Crippen LogP) is 3.30. The standard InChI is InChI=1S/C29H28N6O5/c36-11-12-39-25-15-19(14-21-20(25)5-8-30-26(21)17-1-2-17)28(38)35-9-6-29(7-10-35)16-23(37)22-13-18(3-4-24(22)40-29)27-31-33-34-32-27/h3-5,8,13-15,17,36H,1-2,6-7,9-12,16H2,(H,31,32,33,34). The second kappa shape index (κ2) is 9.67. The smallest absolute Gasteiger partial charge is 0.254 e. The Morgan fingerprint density at radius 1 is 1.15 bits per heavy atom. The number of aromatic amines is 1. The number of pyridine rings is 1. The van der Waals surface area contributed by atoms with Gasteiger partial charge in [-0.25, -0.2) is 0 Å². The average molecular weight is 541 g/mol. The lowest BCUT2D eigenvalue weighted by Gasteiger charge is -2.44. The number of ketones is 1. The SMILES string of the molecule is O=C1CC2(CCN(C(=O)c3cc(OCCO)c4ccnc(C5CC5)c4c3)CC2)Oc2ccc(-c3nn[nH]n3)cc21. The number of piperidine rings is 1. The largest absolute Gasteiger partial charge is 0.491 e. The molecule has 4 aromatic rings. The molecular formula is C29H28N6O5. The summed E-state index contributed by atoms with van der Waals surface area (Å²) in [5, 5.41) is 25.1. The summed E-state index contributed by atoms with van der Waals surface area (Å²) < 4.78 is 12.3. The van der Waals surface area contributed by atoms with E-state index in [0.717, 1.165) is 29.3 Å². The lowest BCUT2D eigenvalue weighted by atomic mass is 9.82. The summed E-state index contributed by atoms with van der Waals surface area (Å²) in [6.07, 6.45) is 5.31. The summed E-state index contributed by atoms with van der Waals surface area (Å²) in [7, 11) is 0. The van der Waals surface area contributed by atoms with Gasteiger partial charge in [0.15, 0.2) is 5.78 Å². The molecule has 2 N–H and O–H groups in total. The molecule has 2 aromatic carbocycles. The number of tetrazole rings is 1. The Labute approximate surface area is 229 Å². The van der Waals surface area contributed by atoms with Crippen molar-refractivity contribution in [1.29, 1.82) is 0 Å². The maximum absolute atomic E-state index is 13.7. The zero-order valence-corrected chi connectivity index (χ0v) is 21.8. The zero-order chi connectivity index (χ0) is 27.3. The van der Waals surface area contributed by atoms with Gasteiger partial charge in [0.2, 0.25) is 5.82 Å². The predicted molar refractivity (Wildman–Crippen MR) is 143 cm³/mol. The Hall–Kier alpha value is -4.38. The second-order valence-corrected chi connectivity index (χ2v) is 10.7. The summed E-state index contributed by atoms with van der Waals surface area (Å²) in [4.78, 5) is 33.4. The van der Waals surface area contributed by atoms with Crippen LogP contribution < -0.4 is 9.47 Å². The number of nitrogens with one attached hydrogen (secondary N) is 1. The third-order valence-corrected chi connectivity index (χ3v) is 8.09. The molecule has 0 bridgehead atoms. The van der Waals surface area contributed by atoms with E-state index in [2.05, 4.69) is 25.6 Å². The number of carbonyl (C=O) groups excluding carboxylic acids is 2. The number of hydrogen-bond donors (Lipinski definition) is 2. The van der Waals surface area contributed by atoms with E-state index in [4.69, 9.17) is 9.47 Å². The van der Waals surface area contributed by atoms with Gasteiger partial charge in [-0.2, -0.15) is 5.21 Å². The first kappa shape index (κ1) is 24.6. The molecule has 4 heterocycles. The Bertz CT molecular complexity index is 1610. The molecule has 204 valence electrons. The molecule has 1 amide bonds. The van der Waals surface area contributed by atoms with Crippen molar-refractivity contribution in [1.82, 2.24) is 30.5 Å². The fourth-order valence-electron chi connectivity index (χ4n) is 5.85. The maximum Gasteiger partial charge on any atom is 0.254 e. The molecule has 1 spiro atoms. The van der Waals surface area contributed by atoms with Crippen molar-refractivity contribution >= 4 is 22.5 Å². The van der Waals surface area contributed by atoms with Crippen LogP contribution in [0.4, 0.5) is 0 Å². The van der Waals surface area contributed by atoms with Gasteiger partial charge < -0.3 is 19.5 Å². The number of carbonyl (C=O) groups is 2. The second-order valence-electron chi connectivity index (χ2n) is 10.7. The first-order chi connectivity index (χ1) is 19.5. The topological polar surface area (TPSA) is 143 Å². The average Bonchev–Trinajstić information content (AvgIpc) is 3.68. The molecule has 40 heavy (non-hydrogen) atoms. The van der Waals surface area contributed by atoms with E-state index in [9.17, 15) is 14.7 Å². The van der Waals surface area contributed by atoms with Gasteiger partial charge in [-0.3, -0.25) is 14.6 Å². The van der Waals surface area contributed by atoms with E-state index >= 15 is 0 Å². The van der Waals surface area contributed by atoms with Gasteiger partial charge in [0, 0.05) is 59.9 Å². The van der Waals surface area contributed by atoms with Crippen LogP contribution in [0.3, 0.4) is 0 Å². The van der Waals surface area contributed by atoms with Gasteiger partial charge in [-0.05, 0) is 54.5 Å². The lowest BCUT2D eigenvalue weighted by Crippen LogP contribution is -2.52. The summed E-state index contributed by atoms with van der Waals surface area (Å²) in [5.74, 6) is 1.85. The van der Waals surface area contributed by atoms with Crippen LogP contribution in [0, 0.1) is 0 Å². The molecule has 2 aliphatic heterocycles. The minimum absolute atomic E-state index is 0.00619. The number of nitrogens with zero attached hydrogens (tertiary/aromatic N) is 5. The number of aliphatic hydroxyl groups excluding tert-OH is 1. The highest BCUT2D eigenvalue weighted by Gasteiger charge is 2.44. The van der Waals surface area contributed by atoms with Crippen molar-refractivity contribution in [2.75, 3.05) is 26.3 Å². The number of aliphatic hydroxyl groups is 1. The normalized spacial score (nSPS) is 18.0. The number of ether oxygens (including phenoxy) is 2. The molecule has 0 radical (unpaired) electrons. The first-order valence-corrected chi connectivity index (χ1v) is 13.6. The van der Waals surface area contributed by atoms with Gasteiger partial charge >= 0.3 is 0 Å². The molecule has 2 fully saturated rings. The lowest BCUT2D eigenvalue weighted by molar-refractivity contribution is -0.00570. The van der Waals surface area contributed by atoms with E-state index in [-0.39, 0.29) is 31.3 Å². The molecule has 7 rings (SSSR count). The van der Waals surface area contributed by atoms with Crippen LogP contribution in [0.25, 0.3) is 22.2 Å². The van der Waals surface area contributed by atoms with Crippen molar-refractivity contribution in [3.8, 4) is 22.9 Å². The molecule has 11 nitrogen and oxygen atoms in total.